The van der Waals surface area contributed by atoms with Gasteiger partial charge in [0.05, 0.1) is 17.1 Å². The van der Waals surface area contributed by atoms with Gasteiger partial charge in [-0.05, 0) is 37.8 Å². The second kappa shape index (κ2) is 8.79. The number of aliphatic carboxylic acids is 1. The van der Waals surface area contributed by atoms with E-state index in [4.69, 9.17) is 9.90 Å². The van der Waals surface area contributed by atoms with Crippen LogP contribution in [0.5, 0.6) is 0 Å². The van der Waals surface area contributed by atoms with Crippen molar-refractivity contribution in [1.29, 1.82) is 0 Å². The van der Waals surface area contributed by atoms with Crippen LogP contribution >= 0.6 is 0 Å². The Bertz CT molecular complexity index is 757. The number of likely N-dealkylation sites (N-methyl/N-ethyl adjacent to an activating group) is 1. The summed E-state index contributed by atoms with van der Waals surface area (Å²) in [5.41, 5.74) is 0.451. The Labute approximate surface area is 166 Å². The quantitative estimate of drug-likeness (QED) is 0.802. The van der Waals surface area contributed by atoms with Gasteiger partial charge in [0, 0.05) is 32.4 Å². The molecule has 7 nitrogen and oxygen atoms in total. The van der Waals surface area contributed by atoms with E-state index < -0.39 is 12.1 Å². The minimum Gasteiger partial charge on any atom is -0.475 e. The predicted octanol–water partition coefficient (Wildman–Crippen LogP) is 2.72. The number of alkyl halides is 3. The fourth-order valence-corrected chi connectivity index (χ4v) is 4.26. The van der Waals surface area contributed by atoms with Crippen LogP contribution < -0.4 is 0 Å². The van der Waals surface area contributed by atoms with Gasteiger partial charge in [-0.1, -0.05) is 6.92 Å². The van der Waals surface area contributed by atoms with Crippen LogP contribution in [0.25, 0.3) is 0 Å². The summed E-state index contributed by atoms with van der Waals surface area (Å²) in [6.07, 6.45) is 2.48. The van der Waals surface area contributed by atoms with Crippen molar-refractivity contribution in [2.24, 2.45) is 0 Å². The zero-order chi connectivity index (χ0) is 21.8. The third kappa shape index (κ3) is 4.68. The molecule has 0 unspecified atom stereocenters. The van der Waals surface area contributed by atoms with Crippen LogP contribution in [0.15, 0.2) is 24.5 Å². The van der Waals surface area contributed by atoms with Gasteiger partial charge in [-0.15, -0.1) is 0 Å². The maximum Gasteiger partial charge on any atom is 0.490 e. The van der Waals surface area contributed by atoms with E-state index in [9.17, 15) is 22.8 Å². The molecule has 2 atom stereocenters. The number of carboxylic acid groups (broad SMARTS) is 1. The summed E-state index contributed by atoms with van der Waals surface area (Å²) < 4.78 is 31.7. The number of hydrogen-bond donors (Lipinski definition) is 1. The number of halogens is 3. The molecule has 10 heteroatoms. The van der Waals surface area contributed by atoms with Crippen molar-refractivity contribution < 1.29 is 32.7 Å². The van der Waals surface area contributed by atoms with Gasteiger partial charge in [0.2, 0.25) is 5.91 Å². The first-order chi connectivity index (χ1) is 13.5. The fourth-order valence-electron chi connectivity index (χ4n) is 4.26. The normalized spacial score (nSPS) is 24.3. The zero-order valence-electron chi connectivity index (χ0n) is 16.3. The number of likely N-dealkylation sites (tertiary alicyclic amines) is 2. The fraction of sp³-hybridized carbons (Fsp3) is 0.579. The largest absolute Gasteiger partial charge is 0.490 e. The minimum absolute atomic E-state index is 0.0340. The number of aromatic nitrogens is 1. The van der Waals surface area contributed by atoms with E-state index in [1.807, 2.05) is 22.9 Å². The summed E-state index contributed by atoms with van der Waals surface area (Å²) in [7, 11) is 1.90. The first kappa shape index (κ1) is 22.6. The van der Waals surface area contributed by atoms with Gasteiger partial charge in [-0.25, -0.2) is 4.79 Å². The van der Waals surface area contributed by atoms with Gasteiger partial charge in [0.15, 0.2) is 0 Å². The third-order valence-electron chi connectivity index (χ3n) is 5.62. The highest BCUT2D eigenvalue weighted by Crippen LogP contribution is 2.42. The molecule has 2 fully saturated rings. The standard InChI is InChI=1S/C17H23N3O2.C2HF3O2/c1-3-14-17(9-7-15(21)19(17)2)8-5-11-20(14)16(22)13-6-4-10-18-12-13;3-2(4,5)1(6)7/h4,6,10,12,14H,3,5,7-9,11H2,1-2H3;(H,6,7)/t14-,17-;/m0./s1. The molecule has 0 radical (unpaired) electrons. The minimum atomic E-state index is -5.08. The molecule has 0 bridgehead atoms. The number of rotatable bonds is 2. The monoisotopic (exact) mass is 415 g/mol. The molecule has 160 valence electrons. The van der Waals surface area contributed by atoms with Crippen molar-refractivity contribution in [3.63, 3.8) is 0 Å². The average Bonchev–Trinajstić information content (AvgIpc) is 2.97. The lowest BCUT2D eigenvalue weighted by molar-refractivity contribution is -0.192. The van der Waals surface area contributed by atoms with Crippen molar-refractivity contribution in [2.75, 3.05) is 13.6 Å². The number of carboxylic acids is 1. The van der Waals surface area contributed by atoms with Crippen molar-refractivity contribution in [3.8, 4) is 0 Å². The molecule has 2 amide bonds. The first-order valence-corrected chi connectivity index (χ1v) is 9.32. The number of pyridine rings is 1. The Kier molecular flexibility index (Phi) is 6.86. The molecule has 0 saturated carbocycles. The lowest BCUT2D eigenvalue weighted by atomic mass is 9.77. The van der Waals surface area contributed by atoms with Crippen molar-refractivity contribution in [3.05, 3.63) is 30.1 Å². The van der Waals surface area contributed by atoms with E-state index in [0.717, 1.165) is 32.2 Å². The van der Waals surface area contributed by atoms with E-state index in [0.29, 0.717) is 12.0 Å². The molecule has 3 rings (SSSR count). The molecular formula is C19H24F3N3O4. The highest BCUT2D eigenvalue weighted by molar-refractivity contribution is 5.94. The molecule has 0 aromatic carbocycles. The maximum atomic E-state index is 12.9. The number of nitrogens with zero attached hydrogens (tertiary/aromatic N) is 3. The highest BCUT2D eigenvalue weighted by atomic mass is 19.4. The molecule has 29 heavy (non-hydrogen) atoms. The molecule has 3 heterocycles. The SMILES string of the molecule is CC[C@@H]1N(C(=O)c2cccnc2)CCC[C@]12CCC(=O)N2C.O=C(O)C(F)(F)F. The van der Waals surface area contributed by atoms with Crippen molar-refractivity contribution >= 4 is 17.8 Å². The summed E-state index contributed by atoms with van der Waals surface area (Å²) in [5.74, 6) is -2.52. The van der Waals surface area contributed by atoms with E-state index >= 15 is 0 Å². The summed E-state index contributed by atoms with van der Waals surface area (Å²) in [6.45, 7) is 2.87. The Morgan fingerprint density at radius 2 is 2.00 bits per heavy atom. The van der Waals surface area contributed by atoms with E-state index in [2.05, 4.69) is 11.9 Å². The lowest BCUT2D eigenvalue weighted by Gasteiger charge is -2.51. The molecule has 1 aromatic heterocycles. The van der Waals surface area contributed by atoms with Crippen LogP contribution in [0.1, 0.15) is 49.4 Å². The summed E-state index contributed by atoms with van der Waals surface area (Å²) in [5, 5.41) is 7.12. The van der Waals surface area contributed by atoms with Crippen LogP contribution in [-0.2, 0) is 9.59 Å². The lowest BCUT2D eigenvalue weighted by Crippen LogP contribution is -2.63. The Morgan fingerprint density at radius 1 is 1.34 bits per heavy atom. The van der Waals surface area contributed by atoms with E-state index in [-0.39, 0.29) is 23.4 Å². The van der Waals surface area contributed by atoms with Crippen LogP contribution in [0.3, 0.4) is 0 Å². The van der Waals surface area contributed by atoms with E-state index in [1.54, 1.807) is 18.5 Å². The first-order valence-electron chi connectivity index (χ1n) is 9.32. The van der Waals surface area contributed by atoms with Gasteiger partial charge in [0.1, 0.15) is 0 Å². The molecule has 1 N–H and O–H groups in total. The number of piperidine rings is 1. The van der Waals surface area contributed by atoms with Gasteiger partial charge in [-0.2, -0.15) is 13.2 Å². The van der Waals surface area contributed by atoms with Gasteiger partial charge < -0.3 is 14.9 Å². The average molecular weight is 415 g/mol. The molecule has 1 spiro atoms. The Balaban J connectivity index is 0.000000370. The van der Waals surface area contributed by atoms with E-state index in [1.165, 1.54) is 0 Å². The smallest absolute Gasteiger partial charge is 0.475 e. The Morgan fingerprint density at radius 3 is 2.45 bits per heavy atom. The zero-order valence-corrected chi connectivity index (χ0v) is 16.3. The summed E-state index contributed by atoms with van der Waals surface area (Å²) in [4.78, 5) is 41.8. The van der Waals surface area contributed by atoms with Crippen LogP contribution in [0.2, 0.25) is 0 Å². The van der Waals surface area contributed by atoms with Crippen molar-refractivity contribution in [1.82, 2.24) is 14.8 Å². The molecular weight excluding hydrogens is 391 g/mol. The number of carbonyl (C=O) groups is 3. The van der Waals surface area contributed by atoms with Gasteiger partial charge in [0.25, 0.3) is 5.91 Å². The second-order valence-corrected chi connectivity index (χ2v) is 7.13. The molecule has 2 aliphatic rings. The van der Waals surface area contributed by atoms with Crippen molar-refractivity contribution in [2.45, 2.75) is 56.8 Å². The molecule has 2 aliphatic heterocycles. The molecule has 1 aromatic rings. The summed E-state index contributed by atoms with van der Waals surface area (Å²) >= 11 is 0. The number of amides is 2. The predicted molar refractivity (Wildman–Crippen MR) is 97.0 cm³/mol. The van der Waals surface area contributed by atoms with Crippen LogP contribution in [0.4, 0.5) is 13.2 Å². The van der Waals surface area contributed by atoms with Crippen LogP contribution in [-0.4, -0.2) is 69.0 Å². The maximum absolute atomic E-state index is 12.9. The summed E-state index contributed by atoms with van der Waals surface area (Å²) in [6, 6.07) is 3.69. The second-order valence-electron chi connectivity index (χ2n) is 7.13. The Hall–Kier alpha value is -2.65. The van der Waals surface area contributed by atoms with Gasteiger partial charge >= 0.3 is 12.1 Å². The van der Waals surface area contributed by atoms with Crippen LogP contribution in [0, 0.1) is 0 Å². The molecule has 2 saturated heterocycles. The molecule has 0 aliphatic carbocycles. The number of carbonyl (C=O) groups excluding carboxylic acids is 2. The highest BCUT2D eigenvalue weighted by Gasteiger charge is 2.52. The number of hydrogen-bond acceptors (Lipinski definition) is 4. The topological polar surface area (TPSA) is 90.8 Å². The van der Waals surface area contributed by atoms with Gasteiger partial charge in [-0.3, -0.25) is 14.6 Å². The third-order valence-corrected chi connectivity index (χ3v) is 5.62.